The Morgan fingerprint density at radius 1 is 1.42 bits per heavy atom. The van der Waals surface area contributed by atoms with Crippen molar-refractivity contribution in [3.8, 4) is 0 Å². The standard InChI is InChI=1S/C17H28N4O3/c1-13(2)21-11-14(18-19-21)17(23)5-4-9-20(12-17)15(22)16(6-7-16)8-10-24-3/h11,13,23H,4-10,12H2,1-3H3/t17-/m1/s1. The Labute approximate surface area is 143 Å². The Balaban J connectivity index is 1.72. The summed E-state index contributed by atoms with van der Waals surface area (Å²) >= 11 is 0. The van der Waals surface area contributed by atoms with E-state index in [9.17, 15) is 9.90 Å². The lowest BCUT2D eigenvalue weighted by atomic mass is 9.88. The topological polar surface area (TPSA) is 80.5 Å². The maximum absolute atomic E-state index is 12.9. The summed E-state index contributed by atoms with van der Waals surface area (Å²) in [6, 6.07) is 0.194. The molecule has 0 spiro atoms. The molecular weight excluding hydrogens is 308 g/mol. The lowest BCUT2D eigenvalue weighted by molar-refractivity contribution is -0.145. The summed E-state index contributed by atoms with van der Waals surface area (Å²) in [5, 5.41) is 19.3. The Bertz CT molecular complexity index is 596. The first-order valence-electron chi connectivity index (χ1n) is 8.83. The molecule has 1 aromatic heterocycles. The monoisotopic (exact) mass is 336 g/mol. The van der Waals surface area contributed by atoms with Crippen LogP contribution in [0.25, 0.3) is 0 Å². The molecule has 1 saturated heterocycles. The fourth-order valence-corrected chi connectivity index (χ4v) is 3.52. The molecule has 0 bridgehead atoms. The largest absolute Gasteiger partial charge is 0.385 e. The highest BCUT2D eigenvalue weighted by molar-refractivity contribution is 5.85. The number of carbonyl (C=O) groups excluding carboxylic acids is 1. The number of aliphatic hydroxyl groups is 1. The van der Waals surface area contributed by atoms with E-state index in [1.807, 2.05) is 18.7 Å². The van der Waals surface area contributed by atoms with Gasteiger partial charge in [-0.25, -0.2) is 4.68 Å². The van der Waals surface area contributed by atoms with Crippen LogP contribution < -0.4 is 0 Å². The lowest BCUT2D eigenvalue weighted by Gasteiger charge is -2.39. The minimum atomic E-state index is -1.10. The molecule has 2 aliphatic rings. The Morgan fingerprint density at radius 3 is 2.75 bits per heavy atom. The van der Waals surface area contributed by atoms with E-state index in [0.29, 0.717) is 31.8 Å². The van der Waals surface area contributed by atoms with E-state index in [-0.39, 0.29) is 17.4 Å². The number of β-amino-alcohol motifs (C(OH)–C–C–N with tert-alkyl or cyclic N) is 1. The maximum atomic E-state index is 12.9. The number of amides is 1. The molecule has 1 aliphatic carbocycles. The van der Waals surface area contributed by atoms with Crippen molar-refractivity contribution in [2.75, 3.05) is 26.8 Å². The third-order valence-electron chi connectivity index (χ3n) is 5.37. The second-order valence-electron chi connectivity index (χ2n) is 7.56. The lowest BCUT2D eigenvalue weighted by Crippen LogP contribution is -2.51. The van der Waals surface area contributed by atoms with Crippen LogP contribution in [0.2, 0.25) is 0 Å². The Morgan fingerprint density at radius 2 is 2.17 bits per heavy atom. The first kappa shape index (κ1) is 17.4. The van der Waals surface area contributed by atoms with Crippen molar-refractivity contribution in [3.05, 3.63) is 11.9 Å². The number of methoxy groups -OCH3 is 1. The molecule has 3 rings (SSSR count). The summed E-state index contributed by atoms with van der Waals surface area (Å²) in [6.45, 7) is 5.65. The highest BCUT2D eigenvalue weighted by Gasteiger charge is 2.52. The average molecular weight is 336 g/mol. The van der Waals surface area contributed by atoms with Crippen LogP contribution >= 0.6 is 0 Å². The minimum Gasteiger partial charge on any atom is -0.385 e. The van der Waals surface area contributed by atoms with Crippen LogP contribution in [0.15, 0.2) is 6.20 Å². The molecule has 2 heterocycles. The van der Waals surface area contributed by atoms with E-state index in [1.165, 1.54) is 0 Å². The van der Waals surface area contributed by atoms with E-state index in [1.54, 1.807) is 18.0 Å². The van der Waals surface area contributed by atoms with Gasteiger partial charge >= 0.3 is 0 Å². The molecule has 0 unspecified atom stereocenters. The SMILES string of the molecule is COCCC1(C(=O)N2CCC[C@](O)(c3cn(C(C)C)nn3)C2)CC1. The predicted octanol–water partition coefficient (Wildman–Crippen LogP) is 1.49. The molecule has 0 radical (unpaired) electrons. The van der Waals surface area contributed by atoms with Crippen molar-refractivity contribution in [1.82, 2.24) is 19.9 Å². The third-order valence-corrected chi connectivity index (χ3v) is 5.37. The zero-order valence-corrected chi connectivity index (χ0v) is 14.9. The zero-order valence-electron chi connectivity index (χ0n) is 14.9. The van der Waals surface area contributed by atoms with Gasteiger partial charge < -0.3 is 14.7 Å². The van der Waals surface area contributed by atoms with Crippen molar-refractivity contribution in [1.29, 1.82) is 0 Å². The predicted molar refractivity (Wildman–Crippen MR) is 88.3 cm³/mol. The van der Waals surface area contributed by atoms with Gasteiger partial charge in [-0.3, -0.25) is 4.79 Å². The maximum Gasteiger partial charge on any atom is 0.228 e. The first-order valence-corrected chi connectivity index (χ1v) is 8.83. The fourth-order valence-electron chi connectivity index (χ4n) is 3.52. The van der Waals surface area contributed by atoms with Crippen molar-refractivity contribution in [2.24, 2.45) is 5.41 Å². The van der Waals surface area contributed by atoms with Crippen molar-refractivity contribution < 1.29 is 14.6 Å². The van der Waals surface area contributed by atoms with Gasteiger partial charge in [-0.2, -0.15) is 0 Å². The van der Waals surface area contributed by atoms with Crippen LogP contribution in [0, 0.1) is 5.41 Å². The number of likely N-dealkylation sites (tertiary alicyclic amines) is 1. The molecule has 7 heteroatoms. The smallest absolute Gasteiger partial charge is 0.228 e. The summed E-state index contributed by atoms with van der Waals surface area (Å²) in [5.74, 6) is 0.161. The summed E-state index contributed by atoms with van der Waals surface area (Å²) in [5.41, 5.74) is -0.794. The molecular formula is C17H28N4O3. The number of nitrogens with zero attached hydrogens (tertiary/aromatic N) is 4. The molecule has 1 aromatic rings. The minimum absolute atomic E-state index is 0.161. The van der Waals surface area contributed by atoms with E-state index >= 15 is 0 Å². The van der Waals surface area contributed by atoms with Crippen LogP contribution in [-0.2, 0) is 15.1 Å². The fraction of sp³-hybridized carbons (Fsp3) is 0.824. The van der Waals surface area contributed by atoms with Gasteiger partial charge in [-0.1, -0.05) is 5.21 Å². The molecule has 134 valence electrons. The molecule has 2 fully saturated rings. The van der Waals surface area contributed by atoms with E-state index in [0.717, 1.165) is 25.7 Å². The van der Waals surface area contributed by atoms with E-state index in [4.69, 9.17) is 4.74 Å². The zero-order chi connectivity index (χ0) is 17.4. The summed E-state index contributed by atoms with van der Waals surface area (Å²) in [7, 11) is 1.66. The molecule has 1 N–H and O–H groups in total. The third kappa shape index (κ3) is 3.19. The normalized spacial score (nSPS) is 26.0. The number of ether oxygens (including phenoxy) is 1. The van der Waals surface area contributed by atoms with Crippen LogP contribution in [0.1, 0.15) is 57.7 Å². The number of rotatable bonds is 6. The molecule has 1 atom stereocenters. The summed E-state index contributed by atoms with van der Waals surface area (Å²) in [6.07, 6.45) is 5.80. The van der Waals surface area contributed by atoms with Crippen LogP contribution in [0.3, 0.4) is 0 Å². The van der Waals surface area contributed by atoms with Crippen molar-refractivity contribution in [3.63, 3.8) is 0 Å². The van der Waals surface area contributed by atoms with Crippen molar-refractivity contribution in [2.45, 2.75) is 57.6 Å². The van der Waals surface area contributed by atoms with Crippen LogP contribution in [0.5, 0.6) is 0 Å². The van der Waals surface area contributed by atoms with Crippen molar-refractivity contribution >= 4 is 5.91 Å². The van der Waals surface area contributed by atoms with Gasteiger partial charge in [0.05, 0.1) is 18.2 Å². The van der Waals surface area contributed by atoms with Gasteiger partial charge in [0.2, 0.25) is 5.91 Å². The highest BCUT2D eigenvalue weighted by atomic mass is 16.5. The Kier molecular flexibility index (Phi) is 4.66. The molecule has 0 aromatic carbocycles. The van der Waals surface area contributed by atoms with Crippen LogP contribution in [-0.4, -0.2) is 57.7 Å². The van der Waals surface area contributed by atoms with Gasteiger partial charge in [0.25, 0.3) is 0 Å². The van der Waals surface area contributed by atoms with Gasteiger partial charge in [0, 0.05) is 26.3 Å². The molecule has 1 aliphatic heterocycles. The van der Waals surface area contributed by atoms with E-state index < -0.39 is 5.60 Å². The number of piperidine rings is 1. The van der Waals surface area contributed by atoms with E-state index in [2.05, 4.69) is 10.3 Å². The van der Waals surface area contributed by atoms with Gasteiger partial charge in [-0.15, -0.1) is 5.10 Å². The summed E-state index contributed by atoms with van der Waals surface area (Å²) < 4.78 is 6.89. The Hall–Kier alpha value is -1.47. The van der Waals surface area contributed by atoms with Gasteiger partial charge in [0.1, 0.15) is 11.3 Å². The molecule has 7 nitrogen and oxygen atoms in total. The highest BCUT2D eigenvalue weighted by Crippen LogP contribution is 2.51. The first-order chi connectivity index (χ1) is 11.4. The molecule has 1 saturated carbocycles. The molecule has 1 amide bonds. The quantitative estimate of drug-likeness (QED) is 0.851. The number of hydrogen-bond acceptors (Lipinski definition) is 5. The van der Waals surface area contributed by atoms with Crippen LogP contribution in [0.4, 0.5) is 0 Å². The number of aromatic nitrogens is 3. The number of hydrogen-bond donors (Lipinski definition) is 1. The van der Waals surface area contributed by atoms with Gasteiger partial charge in [0.15, 0.2) is 0 Å². The average Bonchev–Trinajstić information content (AvgIpc) is 3.16. The molecule has 24 heavy (non-hydrogen) atoms. The number of carbonyl (C=O) groups is 1. The van der Waals surface area contributed by atoms with Gasteiger partial charge in [-0.05, 0) is 46.0 Å². The second kappa shape index (κ2) is 6.44. The summed E-state index contributed by atoms with van der Waals surface area (Å²) in [4.78, 5) is 14.8. The second-order valence-corrected chi connectivity index (χ2v) is 7.56.